The van der Waals surface area contributed by atoms with Crippen LogP contribution in [0.3, 0.4) is 0 Å². The van der Waals surface area contributed by atoms with Crippen LogP contribution < -0.4 is 5.32 Å². The van der Waals surface area contributed by atoms with Gasteiger partial charge in [0, 0.05) is 18.0 Å². The zero-order valence-corrected chi connectivity index (χ0v) is 13.1. The highest BCUT2D eigenvalue weighted by molar-refractivity contribution is 5.97. The maximum atomic E-state index is 12.5. The second kappa shape index (κ2) is 6.55. The normalized spacial score (nSPS) is 12.7. The SMILES string of the molecule is CC(C)C[C@@H](Cc1nn[nH]n1)NC(=O)c1ccc2nc[nH]c2c1. The second-order valence-electron chi connectivity index (χ2n) is 5.97. The van der Waals surface area contributed by atoms with Crippen molar-refractivity contribution in [3.05, 3.63) is 35.9 Å². The molecule has 0 saturated heterocycles. The summed E-state index contributed by atoms with van der Waals surface area (Å²) in [5, 5.41) is 17.0. The predicted molar refractivity (Wildman–Crippen MR) is 84.7 cm³/mol. The van der Waals surface area contributed by atoms with Crippen molar-refractivity contribution in [2.45, 2.75) is 32.7 Å². The third kappa shape index (κ3) is 3.71. The number of benzene rings is 1. The number of hydrogen-bond acceptors (Lipinski definition) is 5. The van der Waals surface area contributed by atoms with Crippen molar-refractivity contribution in [3.8, 4) is 0 Å². The van der Waals surface area contributed by atoms with Gasteiger partial charge < -0.3 is 10.3 Å². The number of aromatic amines is 2. The Labute approximate surface area is 133 Å². The number of H-pyrrole nitrogens is 2. The van der Waals surface area contributed by atoms with Crippen LogP contribution in [0.25, 0.3) is 11.0 Å². The van der Waals surface area contributed by atoms with Crippen LogP contribution in [0.2, 0.25) is 0 Å². The summed E-state index contributed by atoms with van der Waals surface area (Å²) in [6, 6.07) is 5.37. The number of aromatic nitrogens is 6. The summed E-state index contributed by atoms with van der Waals surface area (Å²) in [6.45, 7) is 4.23. The Balaban J connectivity index is 1.73. The Morgan fingerprint density at radius 3 is 2.96 bits per heavy atom. The van der Waals surface area contributed by atoms with E-state index in [-0.39, 0.29) is 11.9 Å². The van der Waals surface area contributed by atoms with Gasteiger partial charge in [0.25, 0.3) is 5.91 Å². The number of nitrogens with zero attached hydrogens (tertiary/aromatic N) is 4. The minimum Gasteiger partial charge on any atom is -0.349 e. The molecular formula is C15H19N7O. The summed E-state index contributed by atoms with van der Waals surface area (Å²) in [5.74, 6) is 0.929. The van der Waals surface area contributed by atoms with Crippen LogP contribution in [0.1, 0.15) is 36.5 Å². The zero-order valence-electron chi connectivity index (χ0n) is 13.1. The molecule has 3 N–H and O–H groups in total. The topological polar surface area (TPSA) is 112 Å². The largest absolute Gasteiger partial charge is 0.349 e. The first-order valence-electron chi connectivity index (χ1n) is 7.58. The van der Waals surface area contributed by atoms with Crippen molar-refractivity contribution in [1.29, 1.82) is 0 Å². The smallest absolute Gasteiger partial charge is 0.251 e. The van der Waals surface area contributed by atoms with E-state index in [1.807, 2.05) is 6.07 Å². The van der Waals surface area contributed by atoms with Gasteiger partial charge in [-0.2, -0.15) is 5.21 Å². The monoisotopic (exact) mass is 313 g/mol. The lowest BCUT2D eigenvalue weighted by atomic mass is 10.0. The molecule has 1 atom stereocenters. The van der Waals surface area contributed by atoms with Gasteiger partial charge in [-0.05, 0) is 30.5 Å². The number of nitrogens with one attached hydrogen (secondary N) is 3. The molecule has 0 aliphatic rings. The molecule has 23 heavy (non-hydrogen) atoms. The minimum absolute atomic E-state index is 0.0439. The van der Waals surface area contributed by atoms with Crippen molar-refractivity contribution in [3.63, 3.8) is 0 Å². The Hall–Kier alpha value is -2.77. The third-order valence-electron chi connectivity index (χ3n) is 3.59. The van der Waals surface area contributed by atoms with E-state index in [0.29, 0.717) is 23.7 Å². The Kier molecular flexibility index (Phi) is 4.31. The molecule has 3 aromatic rings. The van der Waals surface area contributed by atoms with Crippen molar-refractivity contribution >= 4 is 16.9 Å². The lowest BCUT2D eigenvalue weighted by Gasteiger charge is -2.19. The molecule has 0 fully saturated rings. The molecule has 120 valence electrons. The standard InChI is InChI=1S/C15H19N7O/c1-9(2)5-11(7-14-19-21-22-20-14)18-15(23)10-3-4-12-13(6-10)17-8-16-12/h3-4,6,8-9,11H,5,7H2,1-2H3,(H,16,17)(H,18,23)(H,19,20,21,22)/t11-/m0/s1. The lowest BCUT2D eigenvalue weighted by molar-refractivity contribution is 0.0932. The van der Waals surface area contributed by atoms with Crippen LogP contribution in [0, 0.1) is 5.92 Å². The summed E-state index contributed by atoms with van der Waals surface area (Å²) in [7, 11) is 0. The van der Waals surface area contributed by atoms with E-state index in [1.54, 1.807) is 18.5 Å². The van der Waals surface area contributed by atoms with Gasteiger partial charge in [0.05, 0.1) is 17.4 Å². The summed E-state index contributed by atoms with van der Waals surface area (Å²) in [4.78, 5) is 19.7. The maximum absolute atomic E-state index is 12.5. The van der Waals surface area contributed by atoms with E-state index in [9.17, 15) is 4.79 Å². The van der Waals surface area contributed by atoms with Gasteiger partial charge in [-0.1, -0.05) is 19.1 Å². The molecule has 2 heterocycles. The fourth-order valence-corrected chi connectivity index (χ4v) is 2.60. The van der Waals surface area contributed by atoms with Crippen LogP contribution in [0.15, 0.2) is 24.5 Å². The van der Waals surface area contributed by atoms with E-state index >= 15 is 0 Å². The van der Waals surface area contributed by atoms with Gasteiger partial charge in [0.2, 0.25) is 0 Å². The van der Waals surface area contributed by atoms with Crippen LogP contribution >= 0.6 is 0 Å². The number of hydrogen-bond donors (Lipinski definition) is 3. The van der Waals surface area contributed by atoms with E-state index in [1.165, 1.54) is 0 Å². The van der Waals surface area contributed by atoms with Gasteiger partial charge >= 0.3 is 0 Å². The molecule has 3 rings (SSSR count). The first-order chi connectivity index (χ1) is 11.1. The molecule has 0 aliphatic heterocycles. The van der Waals surface area contributed by atoms with Crippen LogP contribution in [0.4, 0.5) is 0 Å². The number of amides is 1. The molecule has 8 heteroatoms. The molecule has 0 unspecified atom stereocenters. The minimum atomic E-state index is -0.115. The number of carbonyl (C=O) groups excluding carboxylic acids is 1. The van der Waals surface area contributed by atoms with Crippen LogP contribution in [-0.2, 0) is 6.42 Å². The number of fused-ring (bicyclic) bond motifs is 1. The highest BCUT2D eigenvalue weighted by atomic mass is 16.1. The zero-order chi connectivity index (χ0) is 16.2. The third-order valence-corrected chi connectivity index (χ3v) is 3.59. The number of tetrazole rings is 1. The lowest BCUT2D eigenvalue weighted by Crippen LogP contribution is -2.37. The first kappa shape index (κ1) is 15.1. The van der Waals surface area contributed by atoms with Gasteiger partial charge in [-0.15, -0.1) is 10.2 Å². The summed E-state index contributed by atoms with van der Waals surface area (Å²) >= 11 is 0. The second-order valence-corrected chi connectivity index (χ2v) is 5.97. The number of rotatable bonds is 6. The summed E-state index contributed by atoms with van der Waals surface area (Å²) in [5.41, 5.74) is 2.28. The molecule has 0 radical (unpaired) electrons. The van der Waals surface area contributed by atoms with Gasteiger partial charge in [0.15, 0.2) is 5.82 Å². The van der Waals surface area contributed by atoms with E-state index in [2.05, 4.69) is 49.8 Å². The fraction of sp³-hybridized carbons (Fsp3) is 0.400. The Bertz CT molecular complexity index is 778. The molecule has 1 aromatic carbocycles. The van der Waals surface area contributed by atoms with Crippen molar-refractivity contribution in [2.24, 2.45) is 5.92 Å². The Morgan fingerprint density at radius 1 is 1.35 bits per heavy atom. The molecule has 0 saturated carbocycles. The first-order valence-corrected chi connectivity index (χ1v) is 7.58. The molecule has 0 bridgehead atoms. The predicted octanol–water partition coefficient (Wildman–Crippen LogP) is 1.46. The van der Waals surface area contributed by atoms with Gasteiger partial charge in [0.1, 0.15) is 0 Å². The van der Waals surface area contributed by atoms with Crippen molar-refractivity contribution in [1.82, 2.24) is 35.9 Å². The number of carbonyl (C=O) groups is 1. The quantitative estimate of drug-likeness (QED) is 0.638. The van der Waals surface area contributed by atoms with Crippen molar-refractivity contribution in [2.75, 3.05) is 0 Å². The highest BCUT2D eigenvalue weighted by Gasteiger charge is 2.18. The van der Waals surface area contributed by atoms with Crippen LogP contribution in [-0.4, -0.2) is 42.5 Å². The Morgan fingerprint density at radius 2 is 2.22 bits per heavy atom. The molecule has 0 aliphatic carbocycles. The molecule has 8 nitrogen and oxygen atoms in total. The van der Waals surface area contributed by atoms with Gasteiger partial charge in [-0.25, -0.2) is 4.98 Å². The van der Waals surface area contributed by atoms with E-state index in [4.69, 9.17) is 0 Å². The van der Waals surface area contributed by atoms with E-state index in [0.717, 1.165) is 17.5 Å². The highest BCUT2D eigenvalue weighted by Crippen LogP contribution is 2.13. The van der Waals surface area contributed by atoms with E-state index < -0.39 is 0 Å². The molecule has 1 amide bonds. The average molecular weight is 313 g/mol. The fourth-order valence-electron chi connectivity index (χ4n) is 2.60. The molecule has 0 spiro atoms. The van der Waals surface area contributed by atoms with Gasteiger partial charge in [-0.3, -0.25) is 4.79 Å². The van der Waals surface area contributed by atoms with Crippen molar-refractivity contribution < 1.29 is 4.79 Å². The summed E-state index contributed by atoms with van der Waals surface area (Å²) in [6.07, 6.45) is 3.00. The average Bonchev–Trinajstić information content (AvgIpc) is 3.16. The summed E-state index contributed by atoms with van der Waals surface area (Å²) < 4.78 is 0. The van der Waals surface area contributed by atoms with Crippen LogP contribution in [0.5, 0.6) is 0 Å². The molecular weight excluding hydrogens is 294 g/mol. The number of imidazole rings is 1. The maximum Gasteiger partial charge on any atom is 0.251 e. The molecule has 2 aromatic heterocycles.